The van der Waals surface area contributed by atoms with E-state index in [2.05, 4.69) is 15.9 Å². The fourth-order valence-electron chi connectivity index (χ4n) is 5.10. The highest BCUT2D eigenvalue weighted by molar-refractivity contribution is 9.10. The molecule has 1 saturated heterocycles. The second-order valence-corrected chi connectivity index (χ2v) is 8.71. The van der Waals surface area contributed by atoms with Gasteiger partial charge in [-0.05, 0) is 73.6 Å². The number of nitrogens with zero attached hydrogens (tertiary/aromatic N) is 1. The maximum atomic E-state index is 13.0. The van der Waals surface area contributed by atoms with Gasteiger partial charge in [0.15, 0.2) is 0 Å². The first-order valence-electron chi connectivity index (χ1n) is 9.48. The number of esters is 1. The fraction of sp³-hybridized carbons (Fsp3) is 0.318. The molecule has 5 rings (SSSR count). The number of halogens is 1. The van der Waals surface area contributed by atoms with E-state index < -0.39 is 5.97 Å². The van der Waals surface area contributed by atoms with Crippen molar-refractivity contribution in [2.45, 2.75) is 19.3 Å². The molecule has 0 radical (unpaired) electrons. The summed E-state index contributed by atoms with van der Waals surface area (Å²) in [6.07, 6.45) is 3.08. The summed E-state index contributed by atoms with van der Waals surface area (Å²) in [7, 11) is 0. The summed E-state index contributed by atoms with van der Waals surface area (Å²) in [6.45, 7) is 0. The van der Waals surface area contributed by atoms with Gasteiger partial charge in [0.05, 0.1) is 23.1 Å². The van der Waals surface area contributed by atoms with Crippen LogP contribution in [0, 0.1) is 23.7 Å². The predicted molar refractivity (Wildman–Crippen MR) is 106 cm³/mol. The van der Waals surface area contributed by atoms with Crippen molar-refractivity contribution in [3.63, 3.8) is 0 Å². The molecule has 2 saturated carbocycles. The van der Waals surface area contributed by atoms with Crippen LogP contribution in [0.15, 0.2) is 53.0 Å². The monoisotopic (exact) mass is 439 g/mol. The third kappa shape index (κ3) is 2.70. The zero-order valence-corrected chi connectivity index (χ0v) is 16.6. The molecule has 3 aliphatic rings. The normalized spacial score (nSPS) is 28.0. The zero-order valence-electron chi connectivity index (χ0n) is 15.0. The highest BCUT2D eigenvalue weighted by atomic mass is 79.9. The Morgan fingerprint density at radius 2 is 1.61 bits per heavy atom. The van der Waals surface area contributed by atoms with Gasteiger partial charge in [-0.25, -0.2) is 4.79 Å². The molecular weight excluding hydrogens is 422 g/mol. The number of hydrogen-bond acceptors (Lipinski definition) is 4. The fourth-order valence-corrected chi connectivity index (χ4v) is 5.37. The van der Waals surface area contributed by atoms with Crippen molar-refractivity contribution in [2.24, 2.45) is 23.7 Å². The Kier molecular flexibility index (Phi) is 4.12. The Balaban J connectivity index is 1.40. The maximum Gasteiger partial charge on any atom is 0.343 e. The number of fused-ring (bicyclic) bond motifs is 5. The van der Waals surface area contributed by atoms with Gasteiger partial charge in [0, 0.05) is 4.47 Å². The van der Waals surface area contributed by atoms with Crippen molar-refractivity contribution >= 4 is 39.4 Å². The van der Waals surface area contributed by atoms with Crippen LogP contribution in [0.3, 0.4) is 0 Å². The number of hydrogen-bond donors (Lipinski definition) is 0. The van der Waals surface area contributed by atoms with Crippen LogP contribution in [-0.2, 0) is 9.59 Å². The Hall–Kier alpha value is -2.47. The first-order valence-corrected chi connectivity index (χ1v) is 10.3. The standard InChI is InChI=1S/C22H18BrNO4/c23-15-6-8-17(9-7-15)28-22(27)14-2-1-3-16(11-14)24-20(25)18-12-4-5-13(10-12)19(18)21(24)26/h1-3,6-9,11-13,18-19H,4-5,10H2/t12-,13-,18-,19+/m0/s1. The van der Waals surface area contributed by atoms with E-state index in [1.165, 1.54) is 4.90 Å². The molecule has 2 aromatic rings. The molecule has 0 unspecified atom stereocenters. The molecule has 2 aromatic carbocycles. The SMILES string of the molecule is O=C(Oc1ccc(Br)cc1)c1cccc(N2C(=O)[C@@H]3[C@H]4CC[C@@H](C4)[C@@H]3C2=O)c1. The zero-order chi connectivity index (χ0) is 19.4. The van der Waals surface area contributed by atoms with Gasteiger partial charge in [0.25, 0.3) is 0 Å². The van der Waals surface area contributed by atoms with Crippen molar-refractivity contribution in [1.82, 2.24) is 0 Å². The van der Waals surface area contributed by atoms with E-state index in [0.29, 0.717) is 28.8 Å². The van der Waals surface area contributed by atoms with Crippen LogP contribution in [-0.4, -0.2) is 17.8 Å². The van der Waals surface area contributed by atoms with E-state index in [1.54, 1.807) is 48.5 Å². The van der Waals surface area contributed by atoms with E-state index >= 15 is 0 Å². The number of imide groups is 1. The molecule has 2 amide bonds. The number of ether oxygens (including phenoxy) is 1. The van der Waals surface area contributed by atoms with Gasteiger partial charge in [-0.15, -0.1) is 0 Å². The van der Waals surface area contributed by atoms with Crippen molar-refractivity contribution in [3.05, 3.63) is 58.6 Å². The molecule has 0 spiro atoms. The number of amides is 2. The molecular formula is C22H18BrNO4. The van der Waals surface area contributed by atoms with Crippen LogP contribution in [0.1, 0.15) is 29.6 Å². The van der Waals surface area contributed by atoms with E-state index in [1.807, 2.05) is 0 Å². The lowest BCUT2D eigenvalue weighted by Crippen LogP contribution is -2.32. The first kappa shape index (κ1) is 17.6. The van der Waals surface area contributed by atoms with Crippen molar-refractivity contribution in [2.75, 3.05) is 4.90 Å². The number of carbonyl (C=O) groups is 3. The Labute approximate surface area is 170 Å². The summed E-state index contributed by atoms with van der Waals surface area (Å²) in [6, 6.07) is 13.5. The summed E-state index contributed by atoms with van der Waals surface area (Å²) in [5.74, 6) is 0.000993. The lowest BCUT2D eigenvalue weighted by molar-refractivity contribution is -0.123. The lowest BCUT2D eigenvalue weighted by atomic mass is 9.81. The quantitative estimate of drug-likeness (QED) is 0.408. The second kappa shape index (κ2) is 6.55. The summed E-state index contributed by atoms with van der Waals surface area (Å²) in [5.41, 5.74) is 0.759. The molecule has 4 atom stereocenters. The topological polar surface area (TPSA) is 63.7 Å². The third-order valence-corrected chi connectivity index (χ3v) is 6.82. The minimum Gasteiger partial charge on any atom is -0.423 e. The largest absolute Gasteiger partial charge is 0.423 e. The molecule has 28 heavy (non-hydrogen) atoms. The highest BCUT2D eigenvalue weighted by Gasteiger charge is 2.61. The summed E-state index contributed by atoms with van der Waals surface area (Å²) in [5, 5.41) is 0. The molecule has 1 heterocycles. The molecule has 0 N–H and O–H groups in total. The second-order valence-electron chi connectivity index (χ2n) is 7.79. The molecule has 2 aliphatic carbocycles. The summed E-state index contributed by atoms with van der Waals surface area (Å²) >= 11 is 3.34. The van der Waals surface area contributed by atoms with Crippen LogP contribution in [0.2, 0.25) is 0 Å². The number of anilines is 1. The van der Waals surface area contributed by atoms with Gasteiger partial charge < -0.3 is 4.74 Å². The maximum absolute atomic E-state index is 13.0. The van der Waals surface area contributed by atoms with Crippen LogP contribution in [0.25, 0.3) is 0 Å². The molecule has 6 heteroatoms. The molecule has 0 aromatic heterocycles. The van der Waals surface area contributed by atoms with Gasteiger partial charge in [0.1, 0.15) is 5.75 Å². The van der Waals surface area contributed by atoms with Gasteiger partial charge in [-0.3, -0.25) is 14.5 Å². The molecule has 2 bridgehead atoms. The lowest BCUT2D eigenvalue weighted by Gasteiger charge is -2.19. The van der Waals surface area contributed by atoms with Crippen LogP contribution < -0.4 is 9.64 Å². The third-order valence-electron chi connectivity index (χ3n) is 6.29. The number of rotatable bonds is 3. The summed E-state index contributed by atoms with van der Waals surface area (Å²) in [4.78, 5) is 39.8. The highest BCUT2D eigenvalue weighted by Crippen LogP contribution is 2.56. The van der Waals surface area contributed by atoms with Crippen molar-refractivity contribution in [3.8, 4) is 5.75 Å². The van der Waals surface area contributed by atoms with Crippen molar-refractivity contribution < 1.29 is 19.1 Å². The van der Waals surface area contributed by atoms with E-state index in [0.717, 1.165) is 23.7 Å². The van der Waals surface area contributed by atoms with Gasteiger partial charge >= 0.3 is 5.97 Å². The van der Waals surface area contributed by atoms with Crippen LogP contribution in [0.5, 0.6) is 5.75 Å². The van der Waals surface area contributed by atoms with E-state index in [4.69, 9.17) is 4.74 Å². The van der Waals surface area contributed by atoms with Crippen molar-refractivity contribution in [1.29, 1.82) is 0 Å². The molecule has 142 valence electrons. The van der Waals surface area contributed by atoms with E-state index in [9.17, 15) is 14.4 Å². The average Bonchev–Trinajstić information content (AvgIpc) is 3.37. The minimum absolute atomic E-state index is 0.111. The smallest absolute Gasteiger partial charge is 0.343 e. The Morgan fingerprint density at radius 3 is 2.25 bits per heavy atom. The van der Waals surface area contributed by atoms with E-state index in [-0.39, 0.29) is 23.7 Å². The molecule has 5 nitrogen and oxygen atoms in total. The minimum atomic E-state index is -0.525. The Bertz CT molecular complexity index is 958. The number of carbonyl (C=O) groups excluding carboxylic acids is 3. The van der Waals surface area contributed by atoms with Crippen LogP contribution in [0.4, 0.5) is 5.69 Å². The average molecular weight is 440 g/mol. The van der Waals surface area contributed by atoms with Gasteiger partial charge in [-0.1, -0.05) is 22.0 Å². The van der Waals surface area contributed by atoms with Crippen LogP contribution >= 0.6 is 15.9 Å². The summed E-state index contributed by atoms with van der Waals surface area (Å²) < 4.78 is 6.29. The van der Waals surface area contributed by atoms with Gasteiger partial charge in [-0.2, -0.15) is 0 Å². The Morgan fingerprint density at radius 1 is 0.964 bits per heavy atom. The molecule has 3 fully saturated rings. The predicted octanol–water partition coefficient (Wildman–Crippen LogP) is 4.20. The number of benzene rings is 2. The van der Waals surface area contributed by atoms with Gasteiger partial charge in [0.2, 0.25) is 11.8 Å². The molecule has 1 aliphatic heterocycles. The first-order chi connectivity index (χ1) is 13.5.